The highest BCUT2D eigenvalue weighted by Crippen LogP contribution is 2.46. The topological polar surface area (TPSA) is 114 Å². The van der Waals surface area contributed by atoms with E-state index in [1.165, 1.54) is 0 Å². The van der Waals surface area contributed by atoms with Crippen LogP contribution in [0, 0.1) is 12.3 Å². The second kappa shape index (κ2) is 9.47. The monoisotopic (exact) mass is 536 g/mol. The summed E-state index contributed by atoms with van der Waals surface area (Å²) < 4.78 is 5.41. The number of aromatic nitrogens is 2. The molecule has 1 spiro atoms. The molecular formula is C26H25BrN4O4. The second-order valence-corrected chi connectivity index (χ2v) is 9.94. The number of carbonyl (C=O) groups is 2. The van der Waals surface area contributed by atoms with Crippen molar-refractivity contribution in [1.29, 1.82) is 0 Å². The Hall–Kier alpha value is -3.17. The minimum Gasteiger partial charge on any atom is -0.480 e. The van der Waals surface area contributed by atoms with E-state index in [4.69, 9.17) is 4.74 Å². The van der Waals surface area contributed by atoms with Crippen molar-refractivity contribution in [3.05, 3.63) is 60.0 Å². The zero-order valence-electron chi connectivity index (χ0n) is 19.2. The van der Waals surface area contributed by atoms with Crippen LogP contribution in [-0.2, 0) is 20.7 Å². The Balaban J connectivity index is 1.34. The Labute approximate surface area is 211 Å². The Morgan fingerprint density at radius 3 is 2.74 bits per heavy atom. The van der Waals surface area contributed by atoms with E-state index in [1.807, 2.05) is 43.3 Å². The number of hydrogen-bond acceptors (Lipinski definition) is 7. The van der Waals surface area contributed by atoms with Crippen LogP contribution in [0.5, 0.6) is 0 Å². The van der Waals surface area contributed by atoms with Crippen LogP contribution in [0.15, 0.2) is 53.8 Å². The van der Waals surface area contributed by atoms with E-state index in [0.717, 1.165) is 33.5 Å². The number of rotatable bonds is 6. The fourth-order valence-electron chi connectivity index (χ4n) is 4.83. The molecule has 0 radical (unpaired) electrons. The van der Waals surface area contributed by atoms with Crippen molar-refractivity contribution in [3.63, 3.8) is 0 Å². The molecule has 0 amide bonds. The van der Waals surface area contributed by atoms with E-state index in [1.54, 1.807) is 12.4 Å². The highest BCUT2D eigenvalue weighted by atomic mass is 79.9. The fourth-order valence-corrected chi connectivity index (χ4v) is 5.82. The number of aliphatic carboxylic acids is 1. The molecule has 2 fully saturated rings. The summed E-state index contributed by atoms with van der Waals surface area (Å²) >= 11 is 3.40. The molecule has 0 bridgehead atoms. The lowest BCUT2D eigenvalue weighted by Gasteiger charge is -2.47. The molecule has 1 aromatic carbocycles. The Kier molecular flexibility index (Phi) is 6.37. The molecule has 2 unspecified atom stereocenters. The van der Waals surface area contributed by atoms with Crippen LogP contribution >= 0.6 is 15.9 Å². The first kappa shape index (κ1) is 23.6. The summed E-state index contributed by atoms with van der Waals surface area (Å²) in [6, 6.07) is 10.6. The molecule has 2 atom stereocenters. The third kappa shape index (κ3) is 4.46. The summed E-state index contributed by atoms with van der Waals surface area (Å²) in [5.41, 5.74) is 2.54. The number of aryl methyl sites for hydroxylation is 1. The van der Waals surface area contributed by atoms with Crippen molar-refractivity contribution in [2.24, 2.45) is 10.4 Å². The maximum atomic E-state index is 12.6. The first-order chi connectivity index (χ1) is 16.9. The molecular weight excluding hydrogens is 512 g/mol. The van der Waals surface area contributed by atoms with Gasteiger partial charge in [-0.1, -0.05) is 28.1 Å². The molecule has 3 heterocycles. The standard InChI is InChI=1S/C26H25BrN4O4/c1-15-12-17-6-9-28-14-19(17)24(29-15)30-18-4-2-16(3-5-18)13-20(25(33)34)31-22-21(27)23(32)26(22)7-10-35-11-8-26/h2-6,9,12,14,20-21H,7-8,10-11,13H2,1H3,(H,29,30)(H,33,34). The van der Waals surface area contributed by atoms with Gasteiger partial charge in [-0.15, -0.1) is 0 Å². The van der Waals surface area contributed by atoms with Gasteiger partial charge in [0, 0.05) is 54.5 Å². The van der Waals surface area contributed by atoms with Crippen LogP contribution in [0.4, 0.5) is 11.5 Å². The van der Waals surface area contributed by atoms with Crippen molar-refractivity contribution in [3.8, 4) is 0 Å². The summed E-state index contributed by atoms with van der Waals surface area (Å²) in [5, 5.41) is 15.2. The molecule has 35 heavy (non-hydrogen) atoms. The van der Waals surface area contributed by atoms with Gasteiger partial charge in [0.05, 0.1) is 5.41 Å². The third-order valence-electron chi connectivity index (χ3n) is 6.77. The van der Waals surface area contributed by atoms with Crippen LogP contribution in [-0.4, -0.2) is 56.6 Å². The predicted octanol–water partition coefficient (Wildman–Crippen LogP) is 4.26. The summed E-state index contributed by atoms with van der Waals surface area (Å²) in [6.07, 6.45) is 4.87. The van der Waals surface area contributed by atoms with E-state index in [-0.39, 0.29) is 12.2 Å². The minimum atomic E-state index is -1.01. The Morgan fingerprint density at radius 2 is 2.03 bits per heavy atom. The first-order valence-corrected chi connectivity index (χ1v) is 12.4. The van der Waals surface area contributed by atoms with Gasteiger partial charge in [0.2, 0.25) is 0 Å². The predicted molar refractivity (Wildman–Crippen MR) is 137 cm³/mol. The van der Waals surface area contributed by atoms with E-state index in [2.05, 4.69) is 36.2 Å². The van der Waals surface area contributed by atoms with Crippen LogP contribution in [0.25, 0.3) is 10.8 Å². The number of benzene rings is 1. The van der Waals surface area contributed by atoms with E-state index >= 15 is 0 Å². The zero-order valence-corrected chi connectivity index (χ0v) is 20.8. The number of halogens is 1. The summed E-state index contributed by atoms with van der Waals surface area (Å²) in [4.78, 5) is 37.5. The van der Waals surface area contributed by atoms with Crippen LogP contribution in [0.1, 0.15) is 24.1 Å². The summed E-state index contributed by atoms with van der Waals surface area (Å²) in [6.45, 7) is 2.91. The SMILES string of the molecule is Cc1cc2ccncc2c(Nc2ccc(CC(N=C3C(Br)C(=O)C34CCOCC4)C(=O)O)cc2)n1. The number of carbonyl (C=O) groups excluding carboxylic acids is 1. The van der Waals surface area contributed by atoms with Gasteiger partial charge in [0.15, 0.2) is 11.8 Å². The third-order valence-corrected chi connectivity index (χ3v) is 7.62. The molecule has 1 saturated carbocycles. The maximum absolute atomic E-state index is 12.6. The number of ether oxygens (including phenoxy) is 1. The molecule has 1 aliphatic carbocycles. The van der Waals surface area contributed by atoms with Gasteiger partial charge in [-0.2, -0.15) is 0 Å². The van der Waals surface area contributed by atoms with Crippen molar-refractivity contribution in [1.82, 2.24) is 9.97 Å². The van der Waals surface area contributed by atoms with Gasteiger partial charge < -0.3 is 15.2 Å². The van der Waals surface area contributed by atoms with Gasteiger partial charge in [0.1, 0.15) is 10.6 Å². The molecule has 180 valence electrons. The molecule has 8 nitrogen and oxygen atoms in total. The molecule has 1 aliphatic heterocycles. The van der Waals surface area contributed by atoms with Gasteiger partial charge >= 0.3 is 5.97 Å². The lowest BCUT2D eigenvalue weighted by Crippen LogP contribution is -2.62. The molecule has 2 N–H and O–H groups in total. The van der Waals surface area contributed by atoms with Gasteiger partial charge in [0.25, 0.3) is 0 Å². The van der Waals surface area contributed by atoms with Crippen LogP contribution in [0.2, 0.25) is 0 Å². The average molecular weight is 537 g/mol. The summed E-state index contributed by atoms with van der Waals surface area (Å²) in [7, 11) is 0. The van der Waals surface area contributed by atoms with Crippen LogP contribution < -0.4 is 5.32 Å². The normalized spacial score (nSPS) is 21.1. The van der Waals surface area contributed by atoms with Crippen molar-refractivity contribution in [2.45, 2.75) is 37.1 Å². The number of carboxylic acids is 1. The highest BCUT2D eigenvalue weighted by Gasteiger charge is 2.59. The van der Waals surface area contributed by atoms with Gasteiger partial charge in [-0.05, 0) is 55.0 Å². The second-order valence-electron chi connectivity index (χ2n) is 9.02. The quantitative estimate of drug-likeness (QED) is 0.452. The number of nitrogens with one attached hydrogen (secondary N) is 1. The molecule has 3 aromatic rings. The van der Waals surface area contributed by atoms with E-state index < -0.39 is 22.3 Å². The fraction of sp³-hybridized carbons (Fsp3) is 0.346. The number of carboxylic acid groups (broad SMARTS) is 1. The van der Waals surface area contributed by atoms with Crippen molar-refractivity contribution >= 4 is 55.7 Å². The van der Waals surface area contributed by atoms with E-state index in [0.29, 0.717) is 31.8 Å². The van der Waals surface area contributed by atoms with Crippen molar-refractivity contribution < 1.29 is 19.4 Å². The number of Topliss-reactive ketones (excluding diaryl/α,β-unsaturated/α-hetero) is 1. The average Bonchev–Trinajstić information content (AvgIpc) is 2.87. The van der Waals surface area contributed by atoms with Crippen LogP contribution in [0.3, 0.4) is 0 Å². The molecule has 9 heteroatoms. The van der Waals surface area contributed by atoms with Crippen molar-refractivity contribution in [2.75, 3.05) is 18.5 Å². The number of hydrogen-bond donors (Lipinski definition) is 2. The number of aliphatic imine (C=N–C) groups is 1. The zero-order chi connectivity index (χ0) is 24.6. The molecule has 1 saturated heterocycles. The number of anilines is 2. The largest absolute Gasteiger partial charge is 0.480 e. The number of fused-ring (bicyclic) bond motifs is 1. The Bertz CT molecular complexity index is 1320. The van der Waals surface area contributed by atoms with Gasteiger partial charge in [-0.25, -0.2) is 9.78 Å². The lowest BCUT2D eigenvalue weighted by atomic mass is 9.61. The van der Waals surface area contributed by atoms with Gasteiger partial charge in [-0.3, -0.25) is 14.8 Å². The number of nitrogens with zero attached hydrogens (tertiary/aromatic N) is 3. The smallest absolute Gasteiger partial charge is 0.328 e. The highest BCUT2D eigenvalue weighted by molar-refractivity contribution is 9.10. The summed E-state index contributed by atoms with van der Waals surface area (Å²) in [5.74, 6) is -0.217. The number of pyridine rings is 2. The molecule has 2 aliphatic rings. The maximum Gasteiger partial charge on any atom is 0.328 e. The first-order valence-electron chi connectivity index (χ1n) is 11.5. The lowest BCUT2D eigenvalue weighted by molar-refractivity contribution is -0.138. The minimum absolute atomic E-state index is 0.0756. The molecule has 5 rings (SSSR count). The van der Waals surface area contributed by atoms with E-state index in [9.17, 15) is 14.7 Å². The Morgan fingerprint density at radius 1 is 1.29 bits per heavy atom. The molecule has 2 aromatic heterocycles. The number of ketones is 1. The number of alkyl halides is 1.